The van der Waals surface area contributed by atoms with Crippen LogP contribution in [0.2, 0.25) is 0 Å². The minimum atomic E-state index is -4.41. The summed E-state index contributed by atoms with van der Waals surface area (Å²) in [5.41, 5.74) is 6.95. The molecule has 0 bridgehead atoms. The first kappa shape index (κ1) is 21.3. The number of pyridine rings is 2. The molecule has 2 aromatic heterocycles. The number of likely N-dealkylation sites (N-methyl/N-ethyl adjacent to an activating group) is 1. The van der Waals surface area contributed by atoms with Crippen LogP contribution in [0.3, 0.4) is 0 Å². The first-order valence-corrected chi connectivity index (χ1v) is 9.88. The van der Waals surface area contributed by atoms with Crippen molar-refractivity contribution in [3.8, 4) is 0 Å². The van der Waals surface area contributed by atoms with Gasteiger partial charge in [-0.25, -0.2) is 9.97 Å². The van der Waals surface area contributed by atoms with E-state index in [1.54, 1.807) is 0 Å². The molecule has 1 aliphatic rings. The second kappa shape index (κ2) is 9.41. The monoisotopic (exact) mass is 408 g/mol. The van der Waals surface area contributed by atoms with Gasteiger partial charge < -0.3 is 21.3 Å². The quantitative estimate of drug-likeness (QED) is 0.651. The molecule has 0 atom stereocenters. The van der Waals surface area contributed by atoms with Gasteiger partial charge in [-0.05, 0) is 51.1 Å². The summed E-state index contributed by atoms with van der Waals surface area (Å²) in [7, 11) is 0. The number of aromatic nitrogens is 2. The Hall–Kier alpha value is -2.39. The number of hydrogen-bond donors (Lipinski definition) is 3. The number of anilines is 3. The molecule has 0 radical (unpaired) electrons. The van der Waals surface area contributed by atoms with E-state index in [1.807, 2.05) is 6.07 Å². The SMILES string of the molecule is CCN(CCN)c1cc(Nc2ccc(C(F)(F)F)cn2)nc(C2CCNCC2)c1. The third-order valence-electron chi connectivity index (χ3n) is 5.08. The van der Waals surface area contributed by atoms with Crippen LogP contribution >= 0.6 is 0 Å². The van der Waals surface area contributed by atoms with E-state index >= 15 is 0 Å². The number of nitrogens with one attached hydrogen (secondary N) is 2. The van der Waals surface area contributed by atoms with E-state index in [9.17, 15) is 13.2 Å². The first-order chi connectivity index (χ1) is 13.9. The lowest BCUT2D eigenvalue weighted by Gasteiger charge is -2.27. The van der Waals surface area contributed by atoms with Crippen molar-refractivity contribution < 1.29 is 13.2 Å². The van der Waals surface area contributed by atoms with Crippen molar-refractivity contribution in [2.24, 2.45) is 5.73 Å². The van der Waals surface area contributed by atoms with Gasteiger partial charge in [-0.3, -0.25) is 0 Å². The molecule has 2 aromatic rings. The normalized spacial score (nSPS) is 15.3. The van der Waals surface area contributed by atoms with E-state index < -0.39 is 11.7 Å². The van der Waals surface area contributed by atoms with Crippen LogP contribution < -0.4 is 21.3 Å². The van der Waals surface area contributed by atoms with Crippen molar-refractivity contribution >= 4 is 17.3 Å². The van der Waals surface area contributed by atoms with Crippen LogP contribution in [0.1, 0.15) is 36.9 Å². The van der Waals surface area contributed by atoms with E-state index in [-0.39, 0.29) is 0 Å². The van der Waals surface area contributed by atoms with Crippen LogP contribution in [0.4, 0.5) is 30.5 Å². The largest absolute Gasteiger partial charge is 0.417 e. The lowest BCUT2D eigenvalue weighted by atomic mass is 9.94. The van der Waals surface area contributed by atoms with Crippen molar-refractivity contribution in [2.45, 2.75) is 31.9 Å². The minimum absolute atomic E-state index is 0.320. The summed E-state index contributed by atoms with van der Waals surface area (Å²) in [6, 6.07) is 6.32. The topological polar surface area (TPSA) is 79.1 Å². The number of piperidine rings is 1. The van der Waals surface area contributed by atoms with Gasteiger partial charge in [0.15, 0.2) is 0 Å². The van der Waals surface area contributed by atoms with Crippen LogP contribution in [0.5, 0.6) is 0 Å². The van der Waals surface area contributed by atoms with Crippen LogP contribution in [0.15, 0.2) is 30.5 Å². The molecule has 4 N–H and O–H groups in total. The molecule has 1 aliphatic heterocycles. The molecule has 0 spiro atoms. The Labute approximate surface area is 168 Å². The number of halogens is 3. The van der Waals surface area contributed by atoms with Gasteiger partial charge in [0.05, 0.1) is 5.56 Å². The van der Waals surface area contributed by atoms with Gasteiger partial charge in [0.2, 0.25) is 0 Å². The number of hydrogen-bond acceptors (Lipinski definition) is 6. The van der Waals surface area contributed by atoms with E-state index in [2.05, 4.69) is 33.5 Å². The molecule has 9 heteroatoms. The molecule has 0 aliphatic carbocycles. The molecule has 3 heterocycles. The number of nitrogens with two attached hydrogens (primary N) is 1. The fraction of sp³-hybridized carbons (Fsp3) is 0.500. The van der Waals surface area contributed by atoms with Crippen molar-refractivity contribution in [1.82, 2.24) is 15.3 Å². The van der Waals surface area contributed by atoms with Gasteiger partial charge in [0, 0.05) is 49.2 Å². The Morgan fingerprint density at radius 3 is 2.55 bits per heavy atom. The molecule has 1 fully saturated rings. The number of rotatable bonds is 7. The number of alkyl halides is 3. The van der Waals surface area contributed by atoms with Crippen LogP contribution in [0, 0.1) is 0 Å². The van der Waals surface area contributed by atoms with Crippen molar-refractivity contribution in [3.63, 3.8) is 0 Å². The molecule has 6 nitrogen and oxygen atoms in total. The highest BCUT2D eigenvalue weighted by atomic mass is 19.4. The van der Waals surface area contributed by atoms with Crippen LogP contribution in [0.25, 0.3) is 0 Å². The van der Waals surface area contributed by atoms with Gasteiger partial charge >= 0.3 is 6.18 Å². The first-order valence-electron chi connectivity index (χ1n) is 9.88. The molecule has 0 amide bonds. The summed E-state index contributed by atoms with van der Waals surface area (Å²) in [6.45, 7) is 5.99. The number of nitrogens with zero attached hydrogens (tertiary/aromatic N) is 3. The predicted octanol–water partition coefficient (Wildman–Crippen LogP) is 3.49. The fourth-order valence-electron chi connectivity index (χ4n) is 3.50. The molecule has 1 saturated heterocycles. The van der Waals surface area contributed by atoms with Crippen LogP contribution in [-0.4, -0.2) is 42.7 Å². The second-order valence-electron chi connectivity index (χ2n) is 7.08. The van der Waals surface area contributed by atoms with Gasteiger partial charge in [0.25, 0.3) is 0 Å². The highest BCUT2D eigenvalue weighted by Crippen LogP contribution is 2.31. The molecule has 29 heavy (non-hydrogen) atoms. The van der Waals surface area contributed by atoms with Gasteiger partial charge in [-0.2, -0.15) is 13.2 Å². The maximum Gasteiger partial charge on any atom is 0.417 e. The highest BCUT2D eigenvalue weighted by Gasteiger charge is 2.30. The zero-order valence-corrected chi connectivity index (χ0v) is 16.5. The standard InChI is InChI=1S/C20H27F3N6/c1-2-29(10-7-24)16-11-17(14-5-8-25-9-6-14)27-19(12-16)28-18-4-3-15(13-26-18)20(21,22)23/h3-4,11-14,25H,2,5-10,24H2,1H3,(H,26,27,28). The predicted molar refractivity (Wildman–Crippen MR) is 109 cm³/mol. The van der Waals surface area contributed by atoms with E-state index in [1.165, 1.54) is 6.07 Å². The Morgan fingerprint density at radius 2 is 1.97 bits per heavy atom. The average Bonchev–Trinajstić information content (AvgIpc) is 2.72. The van der Waals surface area contributed by atoms with Gasteiger partial charge in [-0.1, -0.05) is 0 Å². The minimum Gasteiger partial charge on any atom is -0.370 e. The Bertz CT molecular complexity index is 765. The third kappa shape index (κ3) is 5.57. The summed E-state index contributed by atoms with van der Waals surface area (Å²) in [5.74, 6) is 1.23. The fourth-order valence-corrected chi connectivity index (χ4v) is 3.50. The third-order valence-corrected chi connectivity index (χ3v) is 5.08. The van der Waals surface area contributed by atoms with Gasteiger partial charge in [0.1, 0.15) is 11.6 Å². The van der Waals surface area contributed by atoms with Gasteiger partial charge in [-0.15, -0.1) is 0 Å². The Balaban J connectivity index is 1.89. The zero-order chi connectivity index (χ0) is 20.9. The highest BCUT2D eigenvalue weighted by molar-refractivity contribution is 5.61. The molecule has 158 valence electrons. The van der Waals surface area contributed by atoms with Crippen molar-refractivity contribution in [2.75, 3.05) is 42.9 Å². The van der Waals surface area contributed by atoms with E-state index in [4.69, 9.17) is 10.7 Å². The maximum absolute atomic E-state index is 12.8. The Morgan fingerprint density at radius 1 is 1.21 bits per heavy atom. The second-order valence-corrected chi connectivity index (χ2v) is 7.08. The molecule has 3 rings (SSSR count). The smallest absolute Gasteiger partial charge is 0.370 e. The summed E-state index contributed by atoms with van der Waals surface area (Å²) >= 11 is 0. The van der Waals surface area contributed by atoms with Crippen LogP contribution in [-0.2, 0) is 6.18 Å². The lowest BCUT2D eigenvalue weighted by Crippen LogP contribution is -2.30. The van der Waals surface area contributed by atoms with E-state index in [0.29, 0.717) is 30.6 Å². The lowest BCUT2D eigenvalue weighted by molar-refractivity contribution is -0.137. The zero-order valence-electron chi connectivity index (χ0n) is 16.5. The van der Waals surface area contributed by atoms with Crippen molar-refractivity contribution in [3.05, 3.63) is 41.7 Å². The summed E-state index contributed by atoms with van der Waals surface area (Å²) in [6.07, 6.45) is -1.59. The molecule has 0 saturated carbocycles. The molecular formula is C20H27F3N6. The summed E-state index contributed by atoms with van der Waals surface area (Å²) in [5, 5.41) is 6.41. The molecular weight excluding hydrogens is 381 g/mol. The average molecular weight is 408 g/mol. The van der Waals surface area contributed by atoms with E-state index in [0.717, 1.165) is 56.1 Å². The Kier molecular flexibility index (Phi) is 6.92. The maximum atomic E-state index is 12.8. The summed E-state index contributed by atoms with van der Waals surface area (Å²) < 4.78 is 38.3. The summed E-state index contributed by atoms with van der Waals surface area (Å²) in [4.78, 5) is 10.8. The molecule has 0 unspecified atom stereocenters. The molecule has 0 aromatic carbocycles. The van der Waals surface area contributed by atoms with Crippen molar-refractivity contribution in [1.29, 1.82) is 0 Å².